The Labute approximate surface area is 92.3 Å². The van der Waals surface area contributed by atoms with Crippen LogP contribution < -0.4 is 0 Å². The fourth-order valence-electron chi connectivity index (χ4n) is 2.52. The molecule has 1 aliphatic rings. The van der Waals surface area contributed by atoms with Gasteiger partial charge in [0.2, 0.25) is 0 Å². The molecule has 1 aromatic carbocycles. The second-order valence-corrected chi connectivity index (χ2v) is 4.48. The first-order valence-corrected chi connectivity index (χ1v) is 5.54. The van der Waals surface area contributed by atoms with E-state index in [2.05, 4.69) is 39.5 Å². The van der Waals surface area contributed by atoms with Gasteiger partial charge >= 0.3 is 0 Å². The number of benzene rings is 1. The largest absolute Gasteiger partial charge is 0.103 e. The van der Waals surface area contributed by atoms with Crippen molar-refractivity contribution in [1.82, 2.24) is 0 Å². The lowest BCUT2D eigenvalue weighted by molar-refractivity contribution is 1.15. The number of allylic oxidation sites excluding steroid dienone is 3. The van der Waals surface area contributed by atoms with Crippen molar-refractivity contribution < 1.29 is 0 Å². The molecule has 0 aromatic heterocycles. The van der Waals surface area contributed by atoms with Crippen molar-refractivity contribution >= 4 is 5.57 Å². The van der Waals surface area contributed by atoms with Crippen LogP contribution >= 0.6 is 0 Å². The van der Waals surface area contributed by atoms with Crippen LogP contribution in [0.1, 0.15) is 35.6 Å². The van der Waals surface area contributed by atoms with E-state index in [4.69, 9.17) is 0 Å². The van der Waals surface area contributed by atoms with E-state index in [1.54, 1.807) is 0 Å². The van der Waals surface area contributed by atoms with E-state index in [0.29, 0.717) is 0 Å². The van der Waals surface area contributed by atoms with Crippen LogP contribution in [0.2, 0.25) is 0 Å². The molecule has 1 aromatic rings. The van der Waals surface area contributed by atoms with Crippen LogP contribution in [0, 0.1) is 13.8 Å². The zero-order chi connectivity index (χ0) is 11.0. The molecule has 0 spiro atoms. The quantitative estimate of drug-likeness (QED) is 0.624. The summed E-state index contributed by atoms with van der Waals surface area (Å²) in [6, 6.07) is 4.47. The van der Waals surface area contributed by atoms with Crippen LogP contribution in [0.4, 0.5) is 0 Å². The lowest BCUT2D eigenvalue weighted by Crippen LogP contribution is -1.92. The molecular formula is C15H18. The molecule has 0 radical (unpaired) electrons. The lowest BCUT2D eigenvalue weighted by atomic mass is 9.95. The first kappa shape index (κ1) is 10.2. The minimum atomic E-state index is 1.00. The van der Waals surface area contributed by atoms with E-state index >= 15 is 0 Å². The van der Waals surface area contributed by atoms with E-state index in [-0.39, 0.29) is 0 Å². The highest BCUT2D eigenvalue weighted by molar-refractivity contribution is 5.79. The highest BCUT2D eigenvalue weighted by Crippen LogP contribution is 2.38. The van der Waals surface area contributed by atoms with Crippen LogP contribution in [0.5, 0.6) is 0 Å². The second kappa shape index (κ2) is 3.69. The molecule has 0 atom stereocenters. The summed E-state index contributed by atoms with van der Waals surface area (Å²) in [5, 5.41) is 0. The van der Waals surface area contributed by atoms with E-state index in [0.717, 1.165) is 12.8 Å². The third-order valence-electron chi connectivity index (χ3n) is 3.36. The fourth-order valence-corrected chi connectivity index (χ4v) is 2.52. The molecule has 0 amide bonds. The monoisotopic (exact) mass is 198 g/mol. The van der Waals surface area contributed by atoms with Crippen molar-refractivity contribution in [2.45, 2.75) is 33.6 Å². The zero-order valence-corrected chi connectivity index (χ0v) is 9.85. The zero-order valence-electron chi connectivity index (χ0n) is 9.85. The summed E-state index contributed by atoms with van der Waals surface area (Å²) in [5.41, 5.74) is 8.87. The summed E-state index contributed by atoms with van der Waals surface area (Å²) in [5.74, 6) is 0. The minimum Gasteiger partial charge on any atom is -0.103 e. The summed E-state index contributed by atoms with van der Waals surface area (Å²) < 4.78 is 0. The van der Waals surface area contributed by atoms with E-state index in [1.165, 1.54) is 33.4 Å². The van der Waals surface area contributed by atoms with Crippen LogP contribution in [0.15, 0.2) is 30.4 Å². The molecule has 0 unspecified atom stereocenters. The maximum Gasteiger partial charge on any atom is -0.00549 e. The molecule has 0 heteroatoms. The fraction of sp³-hybridized carbons (Fsp3) is 0.333. The molecular weight excluding hydrogens is 180 g/mol. The molecule has 0 heterocycles. The Morgan fingerprint density at radius 1 is 1.20 bits per heavy atom. The van der Waals surface area contributed by atoms with Gasteiger partial charge in [-0.25, -0.2) is 0 Å². The Balaban J connectivity index is 2.61. The SMILES string of the molecule is C=CCC1=C(C)Cc2c(C)ccc(C)c21. The van der Waals surface area contributed by atoms with Crippen LogP contribution in [-0.4, -0.2) is 0 Å². The van der Waals surface area contributed by atoms with Crippen molar-refractivity contribution in [3.63, 3.8) is 0 Å². The highest BCUT2D eigenvalue weighted by atomic mass is 14.2. The summed E-state index contributed by atoms with van der Waals surface area (Å²) in [6.45, 7) is 10.5. The maximum absolute atomic E-state index is 3.85. The molecule has 0 saturated carbocycles. The number of hydrogen-bond donors (Lipinski definition) is 0. The molecule has 15 heavy (non-hydrogen) atoms. The van der Waals surface area contributed by atoms with Gasteiger partial charge in [0.25, 0.3) is 0 Å². The number of fused-ring (bicyclic) bond motifs is 1. The van der Waals surface area contributed by atoms with Crippen molar-refractivity contribution in [2.75, 3.05) is 0 Å². The number of hydrogen-bond acceptors (Lipinski definition) is 0. The molecule has 0 bridgehead atoms. The topological polar surface area (TPSA) is 0 Å². The Morgan fingerprint density at radius 2 is 1.87 bits per heavy atom. The first-order chi connectivity index (χ1) is 7.15. The number of aryl methyl sites for hydroxylation is 2. The van der Waals surface area contributed by atoms with E-state index in [9.17, 15) is 0 Å². The van der Waals surface area contributed by atoms with Crippen molar-refractivity contribution in [1.29, 1.82) is 0 Å². The minimum absolute atomic E-state index is 1.00. The van der Waals surface area contributed by atoms with Gasteiger partial charge in [0.05, 0.1) is 0 Å². The average Bonchev–Trinajstić information content (AvgIpc) is 2.53. The smallest absolute Gasteiger partial charge is 0.00549 e. The summed E-state index contributed by atoms with van der Waals surface area (Å²) in [7, 11) is 0. The Bertz CT molecular complexity index is 447. The van der Waals surface area contributed by atoms with Gasteiger partial charge in [0.15, 0.2) is 0 Å². The third kappa shape index (κ3) is 1.54. The van der Waals surface area contributed by atoms with Gasteiger partial charge in [-0.15, -0.1) is 6.58 Å². The van der Waals surface area contributed by atoms with Crippen molar-refractivity contribution in [3.8, 4) is 0 Å². The van der Waals surface area contributed by atoms with Crippen LogP contribution in [0.25, 0.3) is 5.57 Å². The van der Waals surface area contributed by atoms with E-state index < -0.39 is 0 Å². The molecule has 1 aliphatic carbocycles. The summed E-state index contributed by atoms with van der Waals surface area (Å²) in [6.07, 6.45) is 4.14. The number of rotatable bonds is 2. The van der Waals surface area contributed by atoms with Gasteiger partial charge in [-0.1, -0.05) is 23.8 Å². The van der Waals surface area contributed by atoms with Gasteiger partial charge in [-0.3, -0.25) is 0 Å². The maximum atomic E-state index is 3.85. The van der Waals surface area contributed by atoms with Crippen molar-refractivity contribution in [3.05, 3.63) is 52.6 Å². The third-order valence-corrected chi connectivity index (χ3v) is 3.36. The average molecular weight is 198 g/mol. The standard InChI is InChI=1S/C15H18/c1-5-6-13-12(4)9-14-10(2)7-8-11(3)15(13)14/h5,7-8H,1,6,9H2,2-4H3. The second-order valence-electron chi connectivity index (χ2n) is 4.48. The van der Waals surface area contributed by atoms with Gasteiger partial charge in [0, 0.05) is 0 Å². The molecule has 0 fully saturated rings. The van der Waals surface area contributed by atoms with E-state index in [1.807, 2.05) is 6.08 Å². The predicted octanol–water partition coefficient (Wildman–Crippen LogP) is 4.21. The van der Waals surface area contributed by atoms with Gasteiger partial charge in [0.1, 0.15) is 0 Å². The molecule has 0 aliphatic heterocycles. The normalized spacial score (nSPS) is 14.3. The van der Waals surface area contributed by atoms with Crippen LogP contribution in [-0.2, 0) is 6.42 Å². The summed E-state index contributed by atoms with van der Waals surface area (Å²) >= 11 is 0. The van der Waals surface area contributed by atoms with Gasteiger partial charge in [-0.2, -0.15) is 0 Å². The van der Waals surface area contributed by atoms with Crippen LogP contribution in [0.3, 0.4) is 0 Å². The molecule has 0 N–H and O–H groups in total. The predicted molar refractivity (Wildman–Crippen MR) is 67.0 cm³/mol. The Morgan fingerprint density at radius 3 is 2.53 bits per heavy atom. The van der Waals surface area contributed by atoms with Crippen molar-refractivity contribution in [2.24, 2.45) is 0 Å². The van der Waals surface area contributed by atoms with Gasteiger partial charge < -0.3 is 0 Å². The molecule has 0 saturated heterocycles. The molecule has 78 valence electrons. The Hall–Kier alpha value is -1.30. The molecule has 0 nitrogen and oxygen atoms in total. The summed E-state index contributed by atoms with van der Waals surface area (Å²) in [4.78, 5) is 0. The lowest BCUT2D eigenvalue weighted by Gasteiger charge is -2.10. The molecule has 2 rings (SSSR count). The highest BCUT2D eigenvalue weighted by Gasteiger charge is 2.20. The Kier molecular flexibility index (Phi) is 2.52. The first-order valence-electron chi connectivity index (χ1n) is 5.54. The van der Waals surface area contributed by atoms with Gasteiger partial charge in [-0.05, 0) is 61.4 Å².